The minimum Gasteiger partial charge on any atom is -0.308 e. The third-order valence-electron chi connectivity index (χ3n) is 3.02. The van der Waals surface area contributed by atoms with Crippen molar-refractivity contribution in [2.45, 2.75) is 26.3 Å². The topological polar surface area (TPSA) is 29.9 Å². The van der Waals surface area contributed by atoms with Crippen LogP contribution in [0.25, 0.3) is 5.69 Å². The van der Waals surface area contributed by atoms with Gasteiger partial charge in [0.05, 0.1) is 11.4 Å². The normalized spacial score (nSPS) is 11.0. The Bertz CT molecular complexity index is 573. The van der Waals surface area contributed by atoms with Crippen molar-refractivity contribution >= 4 is 11.6 Å². The van der Waals surface area contributed by atoms with Crippen LogP contribution < -0.4 is 5.32 Å². The molecule has 0 saturated heterocycles. The summed E-state index contributed by atoms with van der Waals surface area (Å²) in [6, 6.07) is 10.1. The van der Waals surface area contributed by atoms with Gasteiger partial charge < -0.3 is 5.32 Å². The first-order chi connectivity index (χ1) is 9.58. The molecule has 1 heterocycles. The summed E-state index contributed by atoms with van der Waals surface area (Å²) < 4.78 is 1.93. The number of aromatic nitrogens is 2. The van der Waals surface area contributed by atoms with Crippen molar-refractivity contribution in [3.63, 3.8) is 0 Å². The molecular weight excluding hydrogens is 270 g/mol. The SMILES string of the molecule is C=C(Cl)CNCc1cn(-c2ccccc2)nc1C(C)C. The summed E-state index contributed by atoms with van der Waals surface area (Å²) in [6.45, 7) is 9.34. The van der Waals surface area contributed by atoms with Gasteiger partial charge in [-0.05, 0) is 18.1 Å². The lowest BCUT2D eigenvalue weighted by molar-refractivity contribution is 0.723. The standard InChI is InChI=1S/C16H20ClN3/c1-12(2)16-14(10-18-9-13(3)17)11-20(19-16)15-7-5-4-6-8-15/h4-8,11-12,18H,3,9-10H2,1-2H3. The third-order valence-corrected chi connectivity index (χ3v) is 3.16. The summed E-state index contributed by atoms with van der Waals surface area (Å²) in [4.78, 5) is 0. The first-order valence-corrected chi connectivity index (χ1v) is 7.13. The van der Waals surface area contributed by atoms with Crippen LogP contribution >= 0.6 is 11.6 Å². The summed E-state index contributed by atoms with van der Waals surface area (Å²) in [7, 11) is 0. The number of benzene rings is 1. The van der Waals surface area contributed by atoms with Crippen LogP contribution in [0.2, 0.25) is 0 Å². The van der Waals surface area contributed by atoms with Crippen molar-refractivity contribution in [2.24, 2.45) is 0 Å². The molecule has 0 radical (unpaired) electrons. The highest BCUT2D eigenvalue weighted by Gasteiger charge is 2.12. The van der Waals surface area contributed by atoms with Gasteiger partial charge >= 0.3 is 0 Å². The second kappa shape index (κ2) is 6.73. The Hall–Kier alpha value is -1.58. The maximum Gasteiger partial charge on any atom is 0.0699 e. The van der Waals surface area contributed by atoms with Crippen molar-refractivity contribution in [1.82, 2.24) is 15.1 Å². The predicted octanol–water partition coefficient (Wildman–Crippen LogP) is 3.84. The van der Waals surface area contributed by atoms with Crippen LogP contribution in [0.15, 0.2) is 48.1 Å². The maximum atomic E-state index is 5.77. The Kier molecular flexibility index (Phi) is 4.99. The minimum absolute atomic E-state index is 0.385. The largest absolute Gasteiger partial charge is 0.308 e. The number of nitrogens with zero attached hydrogens (tertiary/aromatic N) is 2. The minimum atomic E-state index is 0.385. The number of hydrogen-bond donors (Lipinski definition) is 1. The molecule has 1 N–H and O–H groups in total. The van der Waals surface area contributed by atoms with E-state index in [0.717, 1.165) is 17.9 Å². The molecule has 0 spiro atoms. The molecule has 20 heavy (non-hydrogen) atoms. The summed E-state index contributed by atoms with van der Waals surface area (Å²) in [5.41, 5.74) is 3.38. The van der Waals surface area contributed by atoms with Gasteiger partial charge in [0.15, 0.2) is 0 Å². The third kappa shape index (κ3) is 3.71. The van der Waals surface area contributed by atoms with E-state index in [1.165, 1.54) is 5.56 Å². The van der Waals surface area contributed by atoms with E-state index in [-0.39, 0.29) is 0 Å². The van der Waals surface area contributed by atoms with Gasteiger partial charge in [-0.1, -0.05) is 50.2 Å². The van der Waals surface area contributed by atoms with Crippen LogP contribution in [-0.4, -0.2) is 16.3 Å². The summed E-state index contributed by atoms with van der Waals surface area (Å²) in [6.07, 6.45) is 2.08. The van der Waals surface area contributed by atoms with E-state index >= 15 is 0 Å². The molecule has 0 atom stereocenters. The molecule has 0 aliphatic heterocycles. The zero-order chi connectivity index (χ0) is 14.5. The van der Waals surface area contributed by atoms with E-state index in [9.17, 15) is 0 Å². The fourth-order valence-electron chi connectivity index (χ4n) is 2.09. The zero-order valence-corrected chi connectivity index (χ0v) is 12.7. The molecule has 0 amide bonds. The molecule has 0 bridgehead atoms. The highest BCUT2D eigenvalue weighted by molar-refractivity contribution is 6.29. The van der Waals surface area contributed by atoms with Crippen LogP contribution in [0.1, 0.15) is 31.0 Å². The molecule has 4 heteroatoms. The first-order valence-electron chi connectivity index (χ1n) is 6.75. The van der Waals surface area contributed by atoms with Crippen LogP contribution in [0.5, 0.6) is 0 Å². The lowest BCUT2D eigenvalue weighted by Crippen LogP contribution is -2.15. The van der Waals surface area contributed by atoms with Crippen molar-refractivity contribution in [3.05, 3.63) is 59.4 Å². The quantitative estimate of drug-likeness (QED) is 0.876. The van der Waals surface area contributed by atoms with E-state index in [1.54, 1.807) is 0 Å². The Morgan fingerprint density at radius 2 is 2.05 bits per heavy atom. The van der Waals surface area contributed by atoms with Crippen molar-refractivity contribution in [3.8, 4) is 5.69 Å². The molecule has 2 rings (SSSR count). The molecule has 0 fully saturated rings. The van der Waals surface area contributed by atoms with Crippen LogP contribution in [-0.2, 0) is 6.54 Å². The van der Waals surface area contributed by atoms with Gasteiger partial charge in [0.2, 0.25) is 0 Å². The van der Waals surface area contributed by atoms with Crippen molar-refractivity contribution < 1.29 is 0 Å². The Morgan fingerprint density at radius 3 is 2.65 bits per heavy atom. The Balaban J connectivity index is 2.22. The monoisotopic (exact) mass is 289 g/mol. The van der Waals surface area contributed by atoms with Gasteiger partial charge in [-0.3, -0.25) is 0 Å². The van der Waals surface area contributed by atoms with Crippen molar-refractivity contribution in [1.29, 1.82) is 0 Å². The molecule has 1 aromatic carbocycles. The van der Waals surface area contributed by atoms with Gasteiger partial charge in [-0.15, -0.1) is 0 Å². The highest BCUT2D eigenvalue weighted by atomic mass is 35.5. The average Bonchev–Trinajstić information content (AvgIpc) is 2.84. The van der Waals surface area contributed by atoms with Crippen LogP contribution in [0.3, 0.4) is 0 Å². The summed E-state index contributed by atoms with van der Waals surface area (Å²) in [5, 5.41) is 8.59. The molecule has 3 nitrogen and oxygen atoms in total. The number of nitrogens with one attached hydrogen (secondary N) is 1. The molecule has 0 aliphatic rings. The van der Waals surface area contributed by atoms with Gasteiger partial charge in [0.25, 0.3) is 0 Å². The van der Waals surface area contributed by atoms with Crippen LogP contribution in [0, 0.1) is 0 Å². The molecule has 1 aromatic heterocycles. The van der Waals surface area contributed by atoms with E-state index in [0.29, 0.717) is 17.5 Å². The highest BCUT2D eigenvalue weighted by Crippen LogP contribution is 2.19. The molecule has 0 unspecified atom stereocenters. The maximum absolute atomic E-state index is 5.77. The molecule has 0 saturated carbocycles. The first kappa shape index (κ1) is 14.8. The molecule has 0 aliphatic carbocycles. The smallest absolute Gasteiger partial charge is 0.0699 e. The molecular formula is C16H20ClN3. The predicted molar refractivity (Wildman–Crippen MR) is 84.4 cm³/mol. The molecule has 106 valence electrons. The molecule has 2 aromatic rings. The van der Waals surface area contributed by atoms with Gasteiger partial charge in [-0.2, -0.15) is 5.10 Å². The van der Waals surface area contributed by atoms with E-state index in [2.05, 4.69) is 44.1 Å². The van der Waals surface area contributed by atoms with E-state index in [4.69, 9.17) is 16.7 Å². The van der Waals surface area contributed by atoms with Crippen LogP contribution in [0.4, 0.5) is 0 Å². The van der Waals surface area contributed by atoms with Gasteiger partial charge in [0, 0.05) is 29.9 Å². The lowest BCUT2D eigenvalue weighted by Gasteiger charge is -2.05. The van der Waals surface area contributed by atoms with Gasteiger partial charge in [0.1, 0.15) is 0 Å². The Morgan fingerprint density at radius 1 is 1.35 bits per heavy atom. The fraction of sp³-hybridized carbons (Fsp3) is 0.312. The zero-order valence-electron chi connectivity index (χ0n) is 11.9. The fourth-order valence-corrected chi connectivity index (χ4v) is 2.19. The van der Waals surface area contributed by atoms with E-state index in [1.807, 2.05) is 22.9 Å². The average molecular weight is 290 g/mol. The number of hydrogen-bond acceptors (Lipinski definition) is 2. The number of halogens is 1. The van der Waals surface area contributed by atoms with Gasteiger partial charge in [-0.25, -0.2) is 4.68 Å². The number of rotatable bonds is 6. The van der Waals surface area contributed by atoms with Crippen molar-refractivity contribution in [2.75, 3.05) is 6.54 Å². The number of para-hydroxylation sites is 1. The summed E-state index contributed by atoms with van der Waals surface area (Å²) in [5.74, 6) is 0.385. The second-order valence-electron chi connectivity index (χ2n) is 5.10. The van der Waals surface area contributed by atoms with E-state index < -0.39 is 0 Å². The summed E-state index contributed by atoms with van der Waals surface area (Å²) >= 11 is 5.77. The lowest BCUT2D eigenvalue weighted by atomic mass is 10.1. The Labute approximate surface area is 125 Å². The second-order valence-corrected chi connectivity index (χ2v) is 5.63.